The summed E-state index contributed by atoms with van der Waals surface area (Å²) in [5.74, 6) is -0.121. The Kier molecular flexibility index (Phi) is 5.22. The molecule has 0 aromatic heterocycles. The molecule has 1 aromatic rings. The molecule has 0 spiro atoms. The van der Waals surface area contributed by atoms with E-state index < -0.39 is 0 Å². The predicted octanol–water partition coefficient (Wildman–Crippen LogP) is 3.03. The van der Waals surface area contributed by atoms with Gasteiger partial charge in [-0.25, -0.2) is 0 Å². The average molecular weight is 303 g/mol. The minimum atomic E-state index is -0.128. The summed E-state index contributed by atoms with van der Waals surface area (Å²) >= 11 is 0. The summed E-state index contributed by atoms with van der Waals surface area (Å²) in [5, 5.41) is 0. The molecule has 0 radical (unpaired) electrons. The fourth-order valence-corrected chi connectivity index (χ4v) is 2.94. The number of amides is 1. The molecule has 1 saturated heterocycles. The summed E-state index contributed by atoms with van der Waals surface area (Å²) in [6.45, 7) is 9.53. The molecule has 0 saturated carbocycles. The van der Waals surface area contributed by atoms with Gasteiger partial charge in [0.25, 0.3) is 5.91 Å². The number of carbonyl (C=O) groups is 2. The Bertz CT molecular complexity index is 572. The molecule has 0 unspecified atom stereocenters. The first-order chi connectivity index (χ1) is 10.4. The summed E-state index contributed by atoms with van der Waals surface area (Å²) in [6.07, 6.45) is 1.38. The number of nitrogens with zero attached hydrogens (tertiary/aromatic N) is 1. The van der Waals surface area contributed by atoms with E-state index in [2.05, 4.69) is 13.0 Å². The van der Waals surface area contributed by atoms with Crippen molar-refractivity contribution in [3.8, 4) is 0 Å². The topological polar surface area (TPSA) is 46.6 Å². The molecule has 0 aliphatic carbocycles. The van der Waals surface area contributed by atoms with Crippen molar-refractivity contribution in [2.24, 2.45) is 5.92 Å². The van der Waals surface area contributed by atoms with E-state index in [-0.39, 0.29) is 17.8 Å². The van der Waals surface area contributed by atoms with E-state index in [9.17, 15) is 9.59 Å². The standard InChI is InChI=1S/C18H25NO3/c1-5-22-18(21)15-6-8-19(9-7-15)17(20)16-11-13(3)12(2)10-14(16)4/h10-11,15H,5-9H2,1-4H3. The van der Waals surface area contributed by atoms with Crippen LogP contribution in [0.4, 0.5) is 0 Å². The van der Waals surface area contributed by atoms with E-state index in [1.807, 2.05) is 31.7 Å². The molecule has 1 aromatic carbocycles. The lowest BCUT2D eigenvalue weighted by Crippen LogP contribution is -2.41. The molecule has 22 heavy (non-hydrogen) atoms. The molecule has 4 heteroatoms. The predicted molar refractivity (Wildman–Crippen MR) is 85.9 cm³/mol. The number of ether oxygens (including phenoxy) is 1. The Hall–Kier alpha value is -1.84. The van der Waals surface area contributed by atoms with Crippen LogP contribution in [0.25, 0.3) is 0 Å². The van der Waals surface area contributed by atoms with Crippen molar-refractivity contribution in [2.45, 2.75) is 40.5 Å². The maximum absolute atomic E-state index is 12.7. The highest BCUT2D eigenvalue weighted by Crippen LogP contribution is 2.22. The summed E-state index contributed by atoms with van der Waals surface area (Å²) in [7, 11) is 0. The SMILES string of the molecule is CCOC(=O)C1CCN(C(=O)c2cc(C)c(C)cc2C)CC1. The third kappa shape index (κ3) is 3.49. The van der Waals surface area contributed by atoms with Crippen molar-refractivity contribution in [2.75, 3.05) is 19.7 Å². The van der Waals surface area contributed by atoms with Gasteiger partial charge in [0.1, 0.15) is 0 Å². The molecule has 120 valence electrons. The third-order valence-corrected chi connectivity index (χ3v) is 4.47. The maximum Gasteiger partial charge on any atom is 0.309 e. The van der Waals surface area contributed by atoms with Crippen molar-refractivity contribution in [3.05, 3.63) is 34.4 Å². The van der Waals surface area contributed by atoms with Crippen LogP contribution in [0.2, 0.25) is 0 Å². The van der Waals surface area contributed by atoms with Gasteiger partial charge < -0.3 is 9.64 Å². The summed E-state index contributed by atoms with van der Waals surface area (Å²) < 4.78 is 5.07. The fourth-order valence-electron chi connectivity index (χ4n) is 2.94. The van der Waals surface area contributed by atoms with Gasteiger partial charge in [-0.05, 0) is 63.3 Å². The van der Waals surface area contributed by atoms with E-state index in [0.717, 1.165) is 16.7 Å². The second-order valence-corrected chi connectivity index (χ2v) is 6.07. The lowest BCUT2D eigenvalue weighted by Gasteiger charge is -2.31. The normalized spacial score (nSPS) is 15.7. The number of rotatable bonds is 3. The zero-order valence-corrected chi connectivity index (χ0v) is 13.9. The van der Waals surface area contributed by atoms with Gasteiger partial charge in [-0.15, -0.1) is 0 Å². The third-order valence-electron chi connectivity index (χ3n) is 4.47. The number of benzene rings is 1. The number of piperidine rings is 1. The number of hydrogen-bond donors (Lipinski definition) is 0. The van der Waals surface area contributed by atoms with Gasteiger partial charge in [-0.2, -0.15) is 0 Å². The van der Waals surface area contributed by atoms with Crippen LogP contribution in [0.5, 0.6) is 0 Å². The zero-order chi connectivity index (χ0) is 16.3. The monoisotopic (exact) mass is 303 g/mol. The number of esters is 1. The molecule has 1 heterocycles. The second kappa shape index (κ2) is 6.95. The summed E-state index contributed by atoms with van der Waals surface area (Å²) in [5.41, 5.74) is 4.13. The molecular formula is C18H25NO3. The Morgan fingerprint density at radius 2 is 1.68 bits per heavy atom. The minimum absolute atomic E-state index is 0.0650. The lowest BCUT2D eigenvalue weighted by molar-refractivity contribution is -0.149. The van der Waals surface area contributed by atoms with Crippen molar-refractivity contribution in [1.82, 2.24) is 4.90 Å². The molecular weight excluding hydrogens is 278 g/mol. The lowest BCUT2D eigenvalue weighted by atomic mass is 9.95. The van der Waals surface area contributed by atoms with Crippen molar-refractivity contribution >= 4 is 11.9 Å². The number of aryl methyl sites for hydroxylation is 3. The second-order valence-electron chi connectivity index (χ2n) is 6.07. The van der Waals surface area contributed by atoms with E-state index in [0.29, 0.717) is 32.5 Å². The van der Waals surface area contributed by atoms with Gasteiger partial charge in [0, 0.05) is 18.7 Å². The minimum Gasteiger partial charge on any atom is -0.466 e. The van der Waals surface area contributed by atoms with Crippen LogP contribution >= 0.6 is 0 Å². The largest absolute Gasteiger partial charge is 0.466 e. The molecule has 0 N–H and O–H groups in total. The Labute approximate surface area is 132 Å². The highest BCUT2D eigenvalue weighted by atomic mass is 16.5. The van der Waals surface area contributed by atoms with Crippen molar-refractivity contribution in [1.29, 1.82) is 0 Å². The fraction of sp³-hybridized carbons (Fsp3) is 0.556. The van der Waals surface area contributed by atoms with E-state index in [4.69, 9.17) is 4.74 Å². The van der Waals surface area contributed by atoms with Gasteiger partial charge in [0.2, 0.25) is 0 Å². The quantitative estimate of drug-likeness (QED) is 0.806. The van der Waals surface area contributed by atoms with Gasteiger partial charge in [0.05, 0.1) is 12.5 Å². The Morgan fingerprint density at radius 3 is 2.27 bits per heavy atom. The Morgan fingerprint density at radius 1 is 1.09 bits per heavy atom. The van der Waals surface area contributed by atoms with E-state index in [1.54, 1.807) is 0 Å². The average Bonchev–Trinajstić information content (AvgIpc) is 2.50. The van der Waals surface area contributed by atoms with Gasteiger partial charge in [0.15, 0.2) is 0 Å². The summed E-state index contributed by atoms with van der Waals surface area (Å²) in [4.78, 5) is 26.3. The first-order valence-corrected chi connectivity index (χ1v) is 7.97. The van der Waals surface area contributed by atoms with E-state index in [1.165, 1.54) is 5.56 Å². The van der Waals surface area contributed by atoms with Crippen LogP contribution in [0.1, 0.15) is 46.8 Å². The Balaban J connectivity index is 2.04. The molecule has 1 aliphatic heterocycles. The van der Waals surface area contributed by atoms with E-state index >= 15 is 0 Å². The number of hydrogen-bond acceptors (Lipinski definition) is 3. The molecule has 1 fully saturated rings. The van der Waals surface area contributed by atoms with Gasteiger partial charge >= 0.3 is 5.97 Å². The van der Waals surface area contributed by atoms with Crippen LogP contribution in [0.15, 0.2) is 12.1 Å². The first-order valence-electron chi connectivity index (χ1n) is 7.97. The highest BCUT2D eigenvalue weighted by molar-refractivity contribution is 5.96. The molecule has 4 nitrogen and oxygen atoms in total. The molecule has 0 bridgehead atoms. The van der Waals surface area contributed by atoms with Crippen LogP contribution in [-0.4, -0.2) is 36.5 Å². The highest BCUT2D eigenvalue weighted by Gasteiger charge is 2.29. The zero-order valence-electron chi connectivity index (χ0n) is 13.9. The van der Waals surface area contributed by atoms with Crippen LogP contribution in [0.3, 0.4) is 0 Å². The molecule has 1 aliphatic rings. The van der Waals surface area contributed by atoms with Gasteiger partial charge in [-0.3, -0.25) is 9.59 Å². The molecule has 0 atom stereocenters. The first kappa shape index (κ1) is 16.5. The van der Waals surface area contributed by atoms with Gasteiger partial charge in [-0.1, -0.05) is 6.07 Å². The van der Waals surface area contributed by atoms with Crippen LogP contribution < -0.4 is 0 Å². The smallest absolute Gasteiger partial charge is 0.309 e. The van der Waals surface area contributed by atoms with Crippen LogP contribution in [0, 0.1) is 26.7 Å². The molecule has 2 rings (SSSR count). The number of likely N-dealkylation sites (tertiary alicyclic amines) is 1. The van der Waals surface area contributed by atoms with Crippen molar-refractivity contribution < 1.29 is 14.3 Å². The van der Waals surface area contributed by atoms with Crippen molar-refractivity contribution in [3.63, 3.8) is 0 Å². The summed E-state index contributed by atoms with van der Waals surface area (Å²) in [6, 6.07) is 4.04. The number of carbonyl (C=O) groups excluding carboxylic acids is 2. The maximum atomic E-state index is 12.7. The van der Waals surface area contributed by atoms with Crippen LogP contribution in [-0.2, 0) is 9.53 Å². The molecule has 1 amide bonds.